The monoisotopic (exact) mass is 196 g/mol. The summed E-state index contributed by atoms with van der Waals surface area (Å²) in [5, 5.41) is -0.490. The fourth-order valence-electron chi connectivity index (χ4n) is 0.220. The molecule has 2 amide bonds. The standard InChI is InChI=1S/C3H8N4O2S2/c4-6-2(8)10-1-11-3(9)7-5/h1,4-5H2,(H,6,8)(H,7,9). The van der Waals surface area contributed by atoms with Gasteiger partial charge in [-0.2, -0.15) is 0 Å². The van der Waals surface area contributed by atoms with E-state index in [1.165, 1.54) is 0 Å². The summed E-state index contributed by atoms with van der Waals surface area (Å²) in [6, 6.07) is 0. The molecular formula is C3H8N4O2S2. The van der Waals surface area contributed by atoms with Crippen molar-refractivity contribution >= 4 is 34.0 Å². The summed E-state index contributed by atoms with van der Waals surface area (Å²) in [5.74, 6) is 9.53. The van der Waals surface area contributed by atoms with Crippen LogP contribution in [0.4, 0.5) is 9.59 Å². The molecule has 0 spiro atoms. The quantitative estimate of drug-likeness (QED) is 0.206. The maximum Gasteiger partial charge on any atom is 0.293 e. The molecule has 0 bridgehead atoms. The minimum absolute atomic E-state index is 0.284. The van der Waals surface area contributed by atoms with Gasteiger partial charge in [0.2, 0.25) is 0 Å². The molecule has 0 radical (unpaired) electrons. The molecule has 64 valence electrons. The Morgan fingerprint density at radius 1 is 1.09 bits per heavy atom. The van der Waals surface area contributed by atoms with E-state index >= 15 is 0 Å². The molecule has 0 aromatic heterocycles. The predicted molar refractivity (Wildman–Crippen MR) is 45.5 cm³/mol. The van der Waals surface area contributed by atoms with Crippen LogP contribution in [-0.2, 0) is 0 Å². The third kappa shape index (κ3) is 5.98. The highest BCUT2D eigenvalue weighted by Crippen LogP contribution is 2.11. The zero-order valence-corrected chi connectivity index (χ0v) is 7.13. The number of rotatable bonds is 2. The molecule has 0 aliphatic rings. The highest BCUT2D eigenvalue weighted by molar-refractivity contribution is 8.28. The Labute approximate surface area is 71.8 Å². The van der Waals surface area contributed by atoms with Crippen LogP contribution in [0.3, 0.4) is 0 Å². The van der Waals surface area contributed by atoms with Crippen LogP contribution in [0.25, 0.3) is 0 Å². The maximum atomic E-state index is 10.4. The highest BCUT2D eigenvalue weighted by atomic mass is 32.2. The average Bonchev–Trinajstić information content (AvgIpc) is 2.04. The minimum atomic E-state index is -0.387. The minimum Gasteiger partial charge on any atom is -0.285 e. The van der Waals surface area contributed by atoms with E-state index in [0.29, 0.717) is 0 Å². The van der Waals surface area contributed by atoms with Crippen LogP contribution >= 0.6 is 23.5 Å². The molecule has 0 aliphatic heterocycles. The third-order valence-corrected chi connectivity index (χ3v) is 2.32. The van der Waals surface area contributed by atoms with E-state index in [1.807, 2.05) is 10.9 Å². The number of thioether (sulfide) groups is 2. The second kappa shape index (κ2) is 6.28. The zero-order chi connectivity index (χ0) is 8.69. The van der Waals surface area contributed by atoms with Gasteiger partial charge in [0, 0.05) is 0 Å². The van der Waals surface area contributed by atoms with E-state index in [4.69, 9.17) is 11.7 Å². The van der Waals surface area contributed by atoms with Crippen molar-refractivity contribution in [2.45, 2.75) is 0 Å². The van der Waals surface area contributed by atoms with Crippen LogP contribution in [0.1, 0.15) is 0 Å². The fraction of sp³-hybridized carbons (Fsp3) is 0.333. The normalized spacial score (nSPS) is 8.91. The topological polar surface area (TPSA) is 110 Å². The van der Waals surface area contributed by atoms with E-state index < -0.39 is 0 Å². The third-order valence-electron chi connectivity index (χ3n) is 0.616. The number of nitrogens with two attached hydrogens (primary N) is 2. The molecular weight excluding hydrogens is 188 g/mol. The predicted octanol–water partition coefficient (Wildman–Crippen LogP) is -0.423. The Hall–Kier alpha value is -0.440. The summed E-state index contributed by atoms with van der Waals surface area (Å²) in [7, 11) is 0. The van der Waals surface area contributed by atoms with Crippen LogP contribution in [-0.4, -0.2) is 15.6 Å². The van der Waals surface area contributed by atoms with Crippen molar-refractivity contribution in [3.05, 3.63) is 0 Å². The van der Waals surface area contributed by atoms with Gasteiger partial charge in [0.05, 0.1) is 5.08 Å². The van der Waals surface area contributed by atoms with Gasteiger partial charge in [0.15, 0.2) is 0 Å². The Bertz CT molecular complexity index is 136. The van der Waals surface area contributed by atoms with Crippen LogP contribution in [0.15, 0.2) is 0 Å². The lowest BCUT2D eigenvalue weighted by molar-refractivity contribution is 0.260. The summed E-state index contributed by atoms with van der Waals surface area (Å²) in [4.78, 5) is 20.9. The van der Waals surface area contributed by atoms with Crippen LogP contribution < -0.4 is 22.5 Å². The van der Waals surface area contributed by atoms with Gasteiger partial charge in [-0.05, 0) is 0 Å². The second-order valence-electron chi connectivity index (χ2n) is 1.27. The highest BCUT2D eigenvalue weighted by Gasteiger charge is 2.02. The van der Waals surface area contributed by atoms with Crippen molar-refractivity contribution in [1.82, 2.24) is 10.9 Å². The van der Waals surface area contributed by atoms with Gasteiger partial charge in [-0.3, -0.25) is 20.4 Å². The van der Waals surface area contributed by atoms with E-state index in [-0.39, 0.29) is 15.6 Å². The zero-order valence-electron chi connectivity index (χ0n) is 5.49. The summed E-state index contributed by atoms with van der Waals surface area (Å²) in [5.41, 5.74) is 3.81. The van der Waals surface area contributed by atoms with Crippen LogP contribution in [0.2, 0.25) is 0 Å². The first-order valence-electron chi connectivity index (χ1n) is 2.47. The molecule has 0 aliphatic carbocycles. The van der Waals surface area contributed by atoms with Crippen molar-refractivity contribution in [2.75, 3.05) is 5.08 Å². The molecule has 0 aromatic rings. The molecule has 0 unspecified atom stereocenters. The summed E-state index contributed by atoms with van der Waals surface area (Å²) >= 11 is 1.78. The molecule has 0 atom stereocenters. The lowest BCUT2D eigenvalue weighted by Gasteiger charge is -1.97. The number of hydrogen-bond acceptors (Lipinski definition) is 6. The SMILES string of the molecule is NNC(=O)SCSC(=O)NN. The smallest absolute Gasteiger partial charge is 0.285 e. The number of amides is 2. The Balaban J connectivity index is 3.27. The van der Waals surface area contributed by atoms with Gasteiger partial charge in [-0.1, -0.05) is 23.5 Å². The summed E-state index contributed by atoms with van der Waals surface area (Å²) in [6.45, 7) is 0. The van der Waals surface area contributed by atoms with Gasteiger partial charge < -0.3 is 0 Å². The van der Waals surface area contributed by atoms with E-state index in [1.54, 1.807) is 0 Å². The number of carbonyl (C=O) groups excluding carboxylic acids is 2. The number of hydrazine groups is 2. The Kier molecular flexibility index (Phi) is 6.03. The van der Waals surface area contributed by atoms with Crippen LogP contribution in [0, 0.1) is 0 Å². The van der Waals surface area contributed by atoms with Crippen molar-refractivity contribution in [3.8, 4) is 0 Å². The molecule has 0 rings (SSSR count). The molecule has 0 heterocycles. The lowest BCUT2D eigenvalue weighted by atomic mass is 11.4. The molecule has 11 heavy (non-hydrogen) atoms. The van der Waals surface area contributed by atoms with Crippen LogP contribution in [0.5, 0.6) is 0 Å². The first kappa shape index (κ1) is 10.6. The van der Waals surface area contributed by atoms with Gasteiger partial charge in [0.1, 0.15) is 0 Å². The van der Waals surface area contributed by atoms with Gasteiger partial charge in [-0.15, -0.1) is 0 Å². The summed E-state index contributed by atoms with van der Waals surface area (Å²) < 4.78 is 0. The summed E-state index contributed by atoms with van der Waals surface area (Å²) in [6.07, 6.45) is 0. The second-order valence-corrected chi connectivity index (χ2v) is 3.53. The van der Waals surface area contributed by atoms with Gasteiger partial charge >= 0.3 is 0 Å². The number of hydrogen-bond donors (Lipinski definition) is 4. The lowest BCUT2D eigenvalue weighted by Crippen LogP contribution is -2.27. The van der Waals surface area contributed by atoms with Crippen molar-refractivity contribution in [3.63, 3.8) is 0 Å². The fourth-order valence-corrected chi connectivity index (χ4v) is 1.48. The molecule has 0 aromatic carbocycles. The maximum absolute atomic E-state index is 10.4. The number of nitrogens with one attached hydrogen (secondary N) is 2. The van der Waals surface area contributed by atoms with E-state index in [9.17, 15) is 9.59 Å². The molecule has 8 heteroatoms. The average molecular weight is 196 g/mol. The van der Waals surface area contributed by atoms with E-state index in [2.05, 4.69) is 0 Å². The van der Waals surface area contributed by atoms with E-state index in [0.717, 1.165) is 23.5 Å². The first-order valence-corrected chi connectivity index (χ1v) is 4.44. The number of carbonyl (C=O) groups is 2. The van der Waals surface area contributed by atoms with Gasteiger partial charge in [0.25, 0.3) is 10.5 Å². The molecule has 6 N–H and O–H groups in total. The Morgan fingerprint density at radius 3 is 1.73 bits per heavy atom. The largest absolute Gasteiger partial charge is 0.293 e. The molecule has 6 nitrogen and oxygen atoms in total. The molecule has 0 fully saturated rings. The van der Waals surface area contributed by atoms with Gasteiger partial charge in [-0.25, -0.2) is 11.7 Å². The molecule has 0 saturated heterocycles. The van der Waals surface area contributed by atoms with Crippen molar-refractivity contribution < 1.29 is 9.59 Å². The first-order chi connectivity index (χ1) is 5.20. The Morgan fingerprint density at radius 2 is 1.45 bits per heavy atom. The van der Waals surface area contributed by atoms with Crippen molar-refractivity contribution in [2.24, 2.45) is 11.7 Å². The van der Waals surface area contributed by atoms with Crippen molar-refractivity contribution in [1.29, 1.82) is 0 Å². The molecule has 0 saturated carbocycles.